The Morgan fingerprint density at radius 1 is 1.41 bits per heavy atom. The van der Waals surface area contributed by atoms with Crippen LogP contribution in [0.5, 0.6) is 0 Å². The minimum atomic E-state index is -0.0333. The minimum absolute atomic E-state index is 0.0333. The fourth-order valence-corrected chi connectivity index (χ4v) is 1.61. The van der Waals surface area contributed by atoms with Crippen LogP contribution in [0.25, 0.3) is 0 Å². The van der Waals surface area contributed by atoms with Gasteiger partial charge in [-0.1, -0.05) is 23.8 Å². The topological polar surface area (TPSA) is 35.5 Å². The Morgan fingerprint density at radius 3 is 2.88 bits per heavy atom. The van der Waals surface area contributed by atoms with Gasteiger partial charge in [-0.15, -0.1) is 0 Å². The average molecular weight is 238 g/mol. The van der Waals surface area contributed by atoms with Gasteiger partial charge in [0.15, 0.2) is 6.29 Å². The highest BCUT2D eigenvalue weighted by atomic mass is 16.7. The summed E-state index contributed by atoms with van der Waals surface area (Å²) in [5, 5.41) is 0. The Bertz CT molecular complexity index is 286. The number of Topliss-reactive ketones (excluding diaryl/α,β-unsaturated/α-hetero) is 1. The molecule has 0 aromatic carbocycles. The van der Waals surface area contributed by atoms with Crippen molar-refractivity contribution in [3.05, 3.63) is 23.8 Å². The smallest absolute Gasteiger partial charge is 0.157 e. The second-order valence-corrected chi connectivity index (χ2v) is 4.39. The first kappa shape index (κ1) is 14.1. The van der Waals surface area contributed by atoms with E-state index in [1.165, 1.54) is 6.42 Å². The van der Waals surface area contributed by atoms with Gasteiger partial charge in [0, 0.05) is 13.0 Å². The summed E-state index contributed by atoms with van der Waals surface area (Å²) in [6.07, 6.45) is 9.62. The van der Waals surface area contributed by atoms with E-state index < -0.39 is 0 Å². The summed E-state index contributed by atoms with van der Waals surface area (Å²) in [4.78, 5) is 10.7. The van der Waals surface area contributed by atoms with E-state index in [1.54, 1.807) is 6.92 Å². The van der Waals surface area contributed by atoms with E-state index in [9.17, 15) is 4.79 Å². The third-order valence-electron chi connectivity index (χ3n) is 2.61. The monoisotopic (exact) mass is 238 g/mol. The molecular formula is C14H22O3. The predicted octanol–water partition coefficient (Wildman–Crippen LogP) is 3.01. The molecule has 0 aromatic heterocycles. The number of rotatable bonds is 6. The lowest BCUT2D eigenvalue weighted by molar-refractivity contribution is -0.155. The highest BCUT2D eigenvalue weighted by molar-refractivity contribution is 5.77. The van der Waals surface area contributed by atoms with Crippen molar-refractivity contribution in [2.24, 2.45) is 0 Å². The maximum absolute atomic E-state index is 10.7. The second-order valence-electron chi connectivity index (χ2n) is 4.39. The summed E-state index contributed by atoms with van der Waals surface area (Å²) in [6, 6.07) is 0. The average Bonchev–Trinajstić information content (AvgIpc) is 2.30. The van der Waals surface area contributed by atoms with Crippen LogP contribution in [0.1, 0.15) is 39.5 Å². The molecule has 0 saturated carbocycles. The Morgan fingerprint density at radius 2 is 2.24 bits per heavy atom. The Kier molecular flexibility index (Phi) is 6.82. The summed E-state index contributed by atoms with van der Waals surface area (Å²) < 4.78 is 11.0. The molecule has 17 heavy (non-hydrogen) atoms. The fourth-order valence-electron chi connectivity index (χ4n) is 1.61. The van der Waals surface area contributed by atoms with Gasteiger partial charge >= 0.3 is 0 Å². The van der Waals surface area contributed by atoms with Crippen LogP contribution in [-0.2, 0) is 14.3 Å². The lowest BCUT2D eigenvalue weighted by Gasteiger charge is -2.21. The quantitative estimate of drug-likeness (QED) is 0.667. The first-order valence-electron chi connectivity index (χ1n) is 6.24. The molecule has 1 rings (SSSR count). The summed E-state index contributed by atoms with van der Waals surface area (Å²) >= 11 is 0. The van der Waals surface area contributed by atoms with Gasteiger partial charge in [-0.2, -0.15) is 0 Å². The molecule has 0 radical (unpaired) electrons. The van der Waals surface area contributed by atoms with Crippen molar-refractivity contribution < 1.29 is 14.3 Å². The fraction of sp³-hybridized carbons (Fsp3) is 0.643. The molecule has 1 aliphatic heterocycles. The molecule has 3 nitrogen and oxygen atoms in total. The molecule has 0 aromatic rings. The van der Waals surface area contributed by atoms with Gasteiger partial charge < -0.3 is 9.47 Å². The van der Waals surface area contributed by atoms with Gasteiger partial charge in [0.05, 0.1) is 6.61 Å². The number of carbonyl (C=O) groups is 1. The number of allylic oxidation sites excluding steroid dienone is 3. The van der Waals surface area contributed by atoms with Crippen molar-refractivity contribution in [3.63, 3.8) is 0 Å². The van der Waals surface area contributed by atoms with Crippen molar-refractivity contribution in [2.45, 2.75) is 45.8 Å². The van der Waals surface area contributed by atoms with Crippen LogP contribution >= 0.6 is 0 Å². The van der Waals surface area contributed by atoms with Gasteiger partial charge in [-0.05, 0) is 33.1 Å². The highest BCUT2D eigenvalue weighted by Crippen LogP contribution is 2.13. The second kappa shape index (κ2) is 8.20. The third kappa shape index (κ3) is 7.08. The normalized spacial score (nSPS) is 22.0. The molecule has 0 aliphatic carbocycles. The molecule has 0 bridgehead atoms. The van der Waals surface area contributed by atoms with Crippen molar-refractivity contribution >= 4 is 5.78 Å². The summed E-state index contributed by atoms with van der Waals surface area (Å²) in [7, 11) is 0. The SMILES string of the molecule is CC(=O)C/C=C/C(C)=C\COC1CCCCO1. The first-order chi connectivity index (χ1) is 8.18. The summed E-state index contributed by atoms with van der Waals surface area (Å²) in [5.41, 5.74) is 1.11. The Hall–Kier alpha value is -0.930. The molecule has 1 atom stereocenters. The van der Waals surface area contributed by atoms with Gasteiger partial charge in [-0.3, -0.25) is 4.79 Å². The van der Waals surface area contributed by atoms with E-state index in [-0.39, 0.29) is 12.1 Å². The molecule has 0 amide bonds. The number of ether oxygens (including phenoxy) is 2. The zero-order valence-electron chi connectivity index (χ0n) is 10.8. The van der Waals surface area contributed by atoms with E-state index >= 15 is 0 Å². The standard InChI is InChI=1S/C14H22O3/c1-12(6-5-7-13(2)15)9-11-17-14-8-3-4-10-16-14/h5-6,9,14H,3-4,7-8,10-11H2,1-2H3/b6-5+,12-9-. The van der Waals surface area contributed by atoms with Crippen LogP contribution in [0.4, 0.5) is 0 Å². The number of hydrogen-bond donors (Lipinski definition) is 0. The van der Waals surface area contributed by atoms with E-state index in [2.05, 4.69) is 0 Å². The Balaban J connectivity index is 2.18. The van der Waals surface area contributed by atoms with E-state index in [0.29, 0.717) is 13.0 Å². The highest BCUT2D eigenvalue weighted by Gasteiger charge is 2.12. The Labute approximate surface area is 103 Å². The van der Waals surface area contributed by atoms with E-state index in [4.69, 9.17) is 9.47 Å². The third-order valence-corrected chi connectivity index (χ3v) is 2.61. The van der Waals surface area contributed by atoms with Gasteiger partial charge in [0.2, 0.25) is 0 Å². The van der Waals surface area contributed by atoms with Gasteiger partial charge in [-0.25, -0.2) is 0 Å². The number of ketones is 1. The molecule has 0 spiro atoms. The summed E-state index contributed by atoms with van der Waals surface area (Å²) in [5.74, 6) is 0.181. The van der Waals surface area contributed by atoms with Crippen LogP contribution in [0, 0.1) is 0 Å². The van der Waals surface area contributed by atoms with Crippen molar-refractivity contribution in [1.29, 1.82) is 0 Å². The lowest BCUT2D eigenvalue weighted by Crippen LogP contribution is -2.22. The maximum atomic E-state index is 10.7. The summed E-state index contributed by atoms with van der Waals surface area (Å²) in [6.45, 7) is 4.97. The van der Waals surface area contributed by atoms with Crippen LogP contribution in [0.3, 0.4) is 0 Å². The molecule has 1 aliphatic rings. The van der Waals surface area contributed by atoms with E-state index in [1.807, 2.05) is 25.2 Å². The van der Waals surface area contributed by atoms with Gasteiger partial charge in [0.1, 0.15) is 5.78 Å². The molecule has 1 saturated heterocycles. The van der Waals surface area contributed by atoms with Crippen LogP contribution in [0.15, 0.2) is 23.8 Å². The van der Waals surface area contributed by atoms with Gasteiger partial charge in [0.25, 0.3) is 0 Å². The predicted molar refractivity (Wildman–Crippen MR) is 67.7 cm³/mol. The van der Waals surface area contributed by atoms with Crippen LogP contribution in [-0.4, -0.2) is 25.3 Å². The lowest BCUT2D eigenvalue weighted by atomic mass is 10.2. The molecule has 1 unspecified atom stereocenters. The molecule has 96 valence electrons. The van der Waals surface area contributed by atoms with E-state index in [0.717, 1.165) is 25.0 Å². The zero-order valence-corrected chi connectivity index (χ0v) is 10.8. The van der Waals surface area contributed by atoms with Crippen molar-refractivity contribution in [3.8, 4) is 0 Å². The molecular weight excluding hydrogens is 216 g/mol. The molecule has 0 N–H and O–H groups in total. The maximum Gasteiger partial charge on any atom is 0.157 e. The van der Waals surface area contributed by atoms with Crippen LogP contribution < -0.4 is 0 Å². The number of hydrogen-bond acceptors (Lipinski definition) is 3. The minimum Gasteiger partial charge on any atom is -0.353 e. The van der Waals surface area contributed by atoms with Crippen molar-refractivity contribution in [2.75, 3.05) is 13.2 Å². The molecule has 3 heteroatoms. The number of carbonyl (C=O) groups excluding carboxylic acids is 1. The molecule has 1 fully saturated rings. The zero-order chi connectivity index (χ0) is 12.5. The largest absolute Gasteiger partial charge is 0.353 e. The van der Waals surface area contributed by atoms with Crippen LogP contribution in [0.2, 0.25) is 0 Å². The first-order valence-corrected chi connectivity index (χ1v) is 6.24. The van der Waals surface area contributed by atoms with Crippen molar-refractivity contribution in [1.82, 2.24) is 0 Å². The molecule has 1 heterocycles.